The molecular formula is C11H8ClNO. The van der Waals surface area contributed by atoms with Crippen molar-refractivity contribution in [3.05, 3.63) is 34.9 Å². The fourth-order valence-corrected chi connectivity index (χ4v) is 1.57. The molecule has 3 heteroatoms. The molecule has 0 atom stereocenters. The molecule has 0 spiro atoms. The summed E-state index contributed by atoms with van der Waals surface area (Å²) in [7, 11) is 0. The molecule has 0 saturated carbocycles. The fourth-order valence-electron chi connectivity index (χ4n) is 1.50. The zero-order valence-electron chi connectivity index (χ0n) is 7.43. The van der Waals surface area contributed by atoms with Gasteiger partial charge in [0.2, 0.25) is 0 Å². The van der Waals surface area contributed by atoms with Crippen LogP contribution in [-0.4, -0.2) is 11.8 Å². The lowest BCUT2D eigenvalue weighted by Gasteiger charge is -1.97. The first-order chi connectivity index (χ1) is 6.83. The number of benzene rings is 1. The molecule has 0 aliphatic carbocycles. The molecule has 0 saturated heterocycles. The van der Waals surface area contributed by atoms with E-state index in [2.05, 4.69) is 17.2 Å². The Morgan fingerprint density at radius 1 is 1.50 bits per heavy atom. The van der Waals surface area contributed by atoms with Crippen molar-refractivity contribution in [3.8, 4) is 11.8 Å². The predicted octanol–water partition coefficient (Wildman–Crippen LogP) is 1.52. The molecule has 1 aromatic rings. The summed E-state index contributed by atoms with van der Waals surface area (Å²) in [6, 6.07) is 5.55. The Morgan fingerprint density at radius 3 is 3.14 bits per heavy atom. The zero-order valence-corrected chi connectivity index (χ0v) is 8.19. The molecule has 0 fully saturated rings. The third-order valence-corrected chi connectivity index (χ3v) is 2.27. The molecule has 70 valence electrons. The van der Waals surface area contributed by atoms with Crippen molar-refractivity contribution < 1.29 is 4.79 Å². The zero-order chi connectivity index (χ0) is 9.97. The molecule has 2 rings (SSSR count). The topological polar surface area (TPSA) is 29.1 Å². The maximum Gasteiger partial charge on any atom is 0.251 e. The van der Waals surface area contributed by atoms with Crippen LogP contribution >= 0.6 is 11.6 Å². The van der Waals surface area contributed by atoms with Gasteiger partial charge in [-0.25, -0.2) is 0 Å². The van der Waals surface area contributed by atoms with E-state index in [9.17, 15) is 4.79 Å². The number of fused-ring (bicyclic) bond motifs is 1. The van der Waals surface area contributed by atoms with Crippen molar-refractivity contribution in [2.75, 3.05) is 5.88 Å². The van der Waals surface area contributed by atoms with Gasteiger partial charge in [-0.15, -0.1) is 11.6 Å². The molecule has 1 aromatic carbocycles. The van der Waals surface area contributed by atoms with Gasteiger partial charge in [0.1, 0.15) is 0 Å². The summed E-state index contributed by atoms with van der Waals surface area (Å²) in [6.07, 6.45) is 0. The average molecular weight is 206 g/mol. The van der Waals surface area contributed by atoms with E-state index in [1.165, 1.54) is 0 Å². The molecule has 1 amide bonds. The highest BCUT2D eigenvalue weighted by Crippen LogP contribution is 2.18. The SMILES string of the molecule is O=C1NCc2c(C#CCCl)cccc21. The highest BCUT2D eigenvalue weighted by molar-refractivity contribution is 6.19. The second-order valence-electron chi connectivity index (χ2n) is 2.95. The fraction of sp³-hybridized carbons (Fsp3) is 0.182. The summed E-state index contributed by atoms with van der Waals surface area (Å²) in [5, 5.41) is 2.76. The normalized spacial score (nSPS) is 12.8. The summed E-state index contributed by atoms with van der Waals surface area (Å²) in [4.78, 5) is 11.3. The number of carbonyl (C=O) groups is 1. The van der Waals surface area contributed by atoms with Crippen LogP contribution in [0.5, 0.6) is 0 Å². The monoisotopic (exact) mass is 205 g/mol. The third kappa shape index (κ3) is 1.47. The van der Waals surface area contributed by atoms with Gasteiger partial charge >= 0.3 is 0 Å². The molecule has 1 aliphatic rings. The van der Waals surface area contributed by atoms with E-state index < -0.39 is 0 Å². The van der Waals surface area contributed by atoms with Crippen LogP contribution in [-0.2, 0) is 6.54 Å². The molecule has 1 heterocycles. The van der Waals surface area contributed by atoms with E-state index in [0.29, 0.717) is 12.4 Å². The van der Waals surface area contributed by atoms with Gasteiger partial charge < -0.3 is 5.32 Å². The maximum absolute atomic E-state index is 11.3. The molecule has 0 bridgehead atoms. The molecule has 14 heavy (non-hydrogen) atoms. The van der Waals surface area contributed by atoms with Crippen LogP contribution in [0.15, 0.2) is 18.2 Å². The van der Waals surface area contributed by atoms with Gasteiger partial charge in [0.15, 0.2) is 0 Å². The molecular weight excluding hydrogens is 198 g/mol. The standard InChI is InChI=1S/C11H8ClNO/c12-6-2-4-8-3-1-5-9-10(8)7-13-11(9)14/h1,3,5H,6-7H2,(H,13,14). The molecule has 2 nitrogen and oxygen atoms in total. The van der Waals surface area contributed by atoms with Gasteiger partial charge in [0.25, 0.3) is 5.91 Å². The quantitative estimate of drug-likeness (QED) is 0.505. The van der Waals surface area contributed by atoms with Crippen LogP contribution in [0.3, 0.4) is 0 Å². The Bertz CT molecular complexity index is 442. The van der Waals surface area contributed by atoms with E-state index in [4.69, 9.17) is 11.6 Å². The third-order valence-electron chi connectivity index (χ3n) is 2.14. The van der Waals surface area contributed by atoms with Crippen molar-refractivity contribution in [1.82, 2.24) is 5.32 Å². The minimum absolute atomic E-state index is 0.0190. The van der Waals surface area contributed by atoms with Gasteiger partial charge in [-0.3, -0.25) is 4.79 Å². The van der Waals surface area contributed by atoms with Crippen molar-refractivity contribution in [1.29, 1.82) is 0 Å². The summed E-state index contributed by atoms with van der Waals surface area (Å²) in [6.45, 7) is 0.571. The minimum atomic E-state index is -0.0190. The van der Waals surface area contributed by atoms with E-state index >= 15 is 0 Å². The van der Waals surface area contributed by atoms with Crippen LogP contribution in [0, 0.1) is 11.8 Å². The highest BCUT2D eigenvalue weighted by atomic mass is 35.5. The van der Waals surface area contributed by atoms with Gasteiger partial charge in [0.05, 0.1) is 5.88 Å². The second-order valence-corrected chi connectivity index (χ2v) is 3.22. The van der Waals surface area contributed by atoms with E-state index in [1.54, 1.807) is 0 Å². The average Bonchev–Trinajstić information content (AvgIpc) is 2.58. The summed E-state index contributed by atoms with van der Waals surface area (Å²) < 4.78 is 0. The maximum atomic E-state index is 11.3. The molecule has 0 aromatic heterocycles. The molecule has 0 radical (unpaired) electrons. The Balaban J connectivity index is 2.49. The predicted molar refractivity (Wildman–Crippen MR) is 55.2 cm³/mol. The van der Waals surface area contributed by atoms with Crippen molar-refractivity contribution in [2.24, 2.45) is 0 Å². The first-order valence-corrected chi connectivity index (χ1v) is 4.81. The molecule has 1 aliphatic heterocycles. The first-order valence-electron chi connectivity index (χ1n) is 4.28. The second kappa shape index (κ2) is 3.73. The van der Waals surface area contributed by atoms with Crippen LogP contribution < -0.4 is 5.32 Å². The van der Waals surface area contributed by atoms with Gasteiger partial charge in [-0.05, 0) is 17.7 Å². The van der Waals surface area contributed by atoms with Gasteiger partial charge in [-0.1, -0.05) is 17.9 Å². The van der Waals surface area contributed by atoms with Crippen LogP contribution in [0.4, 0.5) is 0 Å². The molecule has 1 N–H and O–H groups in total. The number of amides is 1. The Hall–Kier alpha value is -1.46. The highest BCUT2D eigenvalue weighted by Gasteiger charge is 2.20. The van der Waals surface area contributed by atoms with Crippen molar-refractivity contribution in [2.45, 2.75) is 6.54 Å². The lowest BCUT2D eigenvalue weighted by atomic mass is 10.0. The largest absolute Gasteiger partial charge is 0.348 e. The van der Waals surface area contributed by atoms with E-state index in [0.717, 1.165) is 16.7 Å². The van der Waals surface area contributed by atoms with Crippen LogP contribution in [0.1, 0.15) is 21.5 Å². The number of alkyl halides is 1. The number of carbonyl (C=O) groups excluding carboxylic acids is 1. The summed E-state index contributed by atoms with van der Waals surface area (Å²) in [5.41, 5.74) is 2.60. The lowest BCUT2D eigenvalue weighted by molar-refractivity contribution is 0.0966. The van der Waals surface area contributed by atoms with Crippen molar-refractivity contribution in [3.63, 3.8) is 0 Å². The number of hydrogen-bond donors (Lipinski definition) is 1. The Labute approximate surface area is 87.3 Å². The minimum Gasteiger partial charge on any atom is -0.348 e. The number of nitrogens with one attached hydrogen (secondary N) is 1. The Morgan fingerprint density at radius 2 is 2.36 bits per heavy atom. The summed E-state index contributed by atoms with van der Waals surface area (Å²) in [5.74, 6) is 6.02. The molecule has 0 unspecified atom stereocenters. The van der Waals surface area contributed by atoms with Gasteiger partial charge in [0, 0.05) is 17.7 Å². The smallest absolute Gasteiger partial charge is 0.251 e. The van der Waals surface area contributed by atoms with Crippen molar-refractivity contribution >= 4 is 17.5 Å². The number of halogens is 1. The number of hydrogen-bond acceptors (Lipinski definition) is 1. The van der Waals surface area contributed by atoms with Crippen LogP contribution in [0.25, 0.3) is 0 Å². The van der Waals surface area contributed by atoms with Gasteiger partial charge in [-0.2, -0.15) is 0 Å². The number of rotatable bonds is 0. The summed E-state index contributed by atoms with van der Waals surface area (Å²) >= 11 is 5.47. The van der Waals surface area contributed by atoms with E-state index in [-0.39, 0.29) is 5.91 Å². The first kappa shape index (κ1) is 9.11. The Kier molecular flexibility index (Phi) is 2.43. The van der Waals surface area contributed by atoms with E-state index in [1.807, 2.05) is 18.2 Å². The lowest BCUT2D eigenvalue weighted by Crippen LogP contribution is -2.12. The van der Waals surface area contributed by atoms with Crippen LogP contribution in [0.2, 0.25) is 0 Å².